The van der Waals surface area contributed by atoms with E-state index in [1.54, 1.807) is 22.8 Å². The Hall–Kier alpha value is -3.50. The summed E-state index contributed by atoms with van der Waals surface area (Å²) in [5.41, 5.74) is 2.09. The Morgan fingerprint density at radius 1 is 1.19 bits per heavy atom. The number of rotatable bonds is 7. The van der Waals surface area contributed by atoms with E-state index >= 15 is 0 Å². The van der Waals surface area contributed by atoms with Gasteiger partial charge in [-0.05, 0) is 58.6 Å². The number of carbonyl (C=O) groups is 2. The predicted octanol–water partition coefficient (Wildman–Crippen LogP) is 3.88. The van der Waals surface area contributed by atoms with Crippen molar-refractivity contribution in [3.63, 3.8) is 0 Å². The molecule has 0 radical (unpaired) electrons. The summed E-state index contributed by atoms with van der Waals surface area (Å²) in [7, 11) is 1.32. The maximum absolute atomic E-state index is 13.8. The largest absolute Gasteiger partial charge is 0.490 e. The van der Waals surface area contributed by atoms with Crippen LogP contribution < -0.4 is 24.4 Å². The molecule has 0 unspecified atom stereocenters. The van der Waals surface area contributed by atoms with Gasteiger partial charge in [0.05, 0.1) is 40.0 Å². The van der Waals surface area contributed by atoms with Crippen molar-refractivity contribution >= 4 is 45.3 Å². The Morgan fingerprint density at radius 2 is 1.92 bits per heavy atom. The van der Waals surface area contributed by atoms with Crippen LogP contribution in [-0.4, -0.2) is 30.2 Å². The van der Waals surface area contributed by atoms with Crippen LogP contribution >= 0.6 is 27.3 Å². The minimum atomic E-state index is -0.668. The van der Waals surface area contributed by atoms with E-state index < -0.39 is 18.0 Å². The van der Waals surface area contributed by atoms with E-state index in [0.29, 0.717) is 49.4 Å². The molecule has 0 amide bonds. The molecule has 0 saturated carbocycles. The van der Waals surface area contributed by atoms with Crippen LogP contribution in [0, 0.1) is 0 Å². The van der Waals surface area contributed by atoms with Crippen molar-refractivity contribution in [1.82, 2.24) is 4.57 Å². The molecule has 10 heteroatoms. The number of aromatic nitrogens is 1. The summed E-state index contributed by atoms with van der Waals surface area (Å²) < 4.78 is 18.6. The van der Waals surface area contributed by atoms with Crippen molar-refractivity contribution in [3.05, 3.63) is 89.0 Å². The number of esters is 2. The molecule has 2 heterocycles. The van der Waals surface area contributed by atoms with Crippen LogP contribution in [0.5, 0.6) is 11.5 Å². The molecule has 0 aliphatic carbocycles. The van der Waals surface area contributed by atoms with Gasteiger partial charge in [0.1, 0.15) is 0 Å². The van der Waals surface area contributed by atoms with Gasteiger partial charge in [0, 0.05) is 6.92 Å². The number of carbonyl (C=O) groups excluding carboxylic acids is 2. The predicted molar refractivity (Wildman–Crippen MR) is 143 cm³/mol. The van der Waals surface area contributed by atoms with E-state index in [4.69, 9.17) is 14.2 Å². The first-order chi connectivity index (χ1) is 17.8. The molecule has 1 aromatic heterocycles. The van der Waals surface area contributed by atoms with Crippen molar-refractivity contribution < 1.29 is 23.8 Å². The Balaban J connectivity index is 1.94. The third-order valence-corrected chi connectivity index (χ3v) is 7.21. The molecule has 4 rings (SSSR count). The average Bonchev–Trinajstić information content (AvgIpc) is 3.19. The number of ether oxygens (including phenoxy) is 3. The monoisotopic (exact) mass is 584 g/mol. The number of halogens is 1. The van der Waals surface area contributed by atoms with Gasteiger partial charge in [-0.1, -0.05) is 48.6 Å². The molecule has 8 nitrogen and oxygen atoms in total. The highest BCUT2D eigenvalue weighted by Gasteiger charge is 2.33. The normalized spacial score (nSPS) is 15.2. The van der Waals surface area contributed by atoms with Gasteiger partial charge in [-0.2, -0.15) is 0 Å². The fourth-order valence-electron chi connectivity index (χ4n) is 4.14. The number of hydrogen-bond donors (Lipinski definition) is 0. The zero-order chi connectivity index (χ0) is 26.7. The van der Waals surface area contributed by atoms with Gasteiger partial charge in [0.15, 0.2) is 16.3 Å². The zero-order valence-electron chi connectivity index (χ0n) is 20.7. The zero-order valence-corrected chi connectivity index (χ0v) is 23.1. The molecule has 0 bridgehead atoms. The van der Waals surface area contributed by atoms with Gasteiger partial charge in [-0.15, -0.1) is 0 Å². The van der Waals surface area contributed by atoms with Gasteiger partial charge >= 0.3 is 11.9 Å². The van der Waals surface area contributed by atoms with E-state index in [9.17, 15) is 14.4 Å². The van der Waals surface area contributed by atoms with E-state index in [0.717, 1.165) is 5.56 Å². The Morgan fingerprint density at radius 3 is 2.54 bits per heavy atom. The number of hydrogen-bond acceptors (Lipinski definition) is 8. The van der Waals surface area contributed by atoms with Crippen molar-refractivity contribution in [2.75, 3.05) is 13.7 Å². The fourth-order valence-corrected chi connectivity index (χ4v) is 5.70. The third-order valence-electron chi connectivity index (χ3n) is 5.64. The highest BCUT2D eigenvalue weighted by Crippen LogP contribution is 2.37. The van der Waals surface area contributed by atoms with Gasteiger partial charge < -0.3 is 14.2 Å². The number of methoxy groups -OCH3 is 1. The first-order valence-electron chi connectivity index (χ1n) is 11.6. The van der Waals surface area contributed by atoms with Crippen LogP contribution in [0.2, 0.25) is 0 Å². The second-order valence-electron chi connectivity index (χ2n) is 8.06. The van der Waals surface area contributed by atoms with Crippen LogP contribution in [-0.2, 0) is 14.3 Å². The molecule has 37 heavy (non-hydrogen) atoms. The van der Waals surface area contributed by atoms with Gasteiger partial charge in [-0.25, -0.2) is 9.79 Å². The lowest BCUT2D eigenvalue weighted by Crippen LogP contribution is -2.40. The summed E-state index contributed by atoms with van der Waals surface area (Å²) in [5, 5.41) is 0. The highest BCUT2D eigenvalue weighted by molar-refractivity contribution is 9.10. The fraction of sp³-hybridized carbons (Fsp3) is 0.259. The smallest absolute Gasteiger partial charge is 0.338 e. The maximum atomic E-state index is 13.8. The topological polar surface area (TPSA) is 96.2 Å². The lowest BCUT2D eigenvalue weighted by Gasteiger charge is -2.25. The van der Waals surface area contributed by atoms with Crippen LogP contribution in [0.15, 0.2) is 68.0 Å². The molecule has 1 aliphatic heterocycles. The molecule has 192 valence electrons. The van der Waals surface area contributed by atoms with E-state index in [2.05, 4.69) is 20.9 Å². The molecule has 0 saturated heterocycles. The van der Waals surface area contributed by atoms with Gasteiger partial charge in [0.2, 0.25) is 0 Å². The number of thiazole rings is 1. The molecule has 2 aromatic carbocycles. The maximum Gasteiger partial charge on any atom is 0.338 e. The lowest BCUT2D eigenvalue weighted by molar-refractivity contribution is -0.136. The van der Waals surface area contributed by atoms with Crippen molar-refractivity contribution in [3.8, 4) is 11.5 Å². The summed E-state index contributed by atoms with van der Waals surface area (Å²) >= 11 is 4.68. The standard InChI is InChI=1S/C27H25BrN2O6S/c1-5-19-22(26(33)34-4)23(17-10-8-7-9-11-17)30-25(32)21(37-27(30)29-19)14-16-12-18(28)24(36-15(3)31)20(13-16)35-6-2/h7-14,23H,5-6H2,1-4H3/b21-14+/t23-/m0/s1. The van der Waals surface area contributed by atoms with Crippen molar-refractivity contribution in [1.29, 1.82) is 0 Å². The number of allylic oxidation sites excluding steroid dienone is 1. The first kappa shape index (κ1) is 26.6. The van der Waals surface area contributed by atoms with E-state index in [1.807, 2.05) is 44.2 Å². The van der Waals surface area contributed by atoms with E-state index in [1.165, 1.54) is 25.4 Å². The van der Waals surface area contributed by atoms with Crippen LogP contribution in [0.1, 0.15) is 44.4 Å². The summed E-state index contributed by atoms with van der Waals surface area (Å²) in [6.45, 7) is 5.41. The number of benzene rings is 2. The summed E-state index contributed by atoms with van der Waals surface area (Å²) in [4.78, 5) is 43.3. The highest BCUT2D eigenvalue weighted by atomic mass is 79.9. The second-order valence-corrected chi connectivity index (χ2v) is 9.92. The molecule has 1 atom stereocenters. The SMILES string of the molecule is CCOc1cc(/C=c2/sc3n(c2=O)[C@@H](c2ccccc2)C(C(=O)OC)=C(CC)N=3)cc(Br)c1OC(C)=O. The van der Waals surface area contributed by atoms with Crippen LogP contribution in [0.4, 0.5) is 0 Å². The Bertz CT molecular complexity index is 1570. The summed E-state index contributed by atoms with van der Waals surface area (Å²) in [6.07, 6.45) is 2.23. The lowest BCUT2D eigenvalue weighted by atomic mass is 9.95. The van der Waals surface area contributed by atoms with Crippen LogP contribution in [0.3, 0.4) is 0 Å². The quantitative estimate of drug-likeness (QED) is 0.309. The van der Waals surface area contributed by atoms with Gasteiger partial charge in [-0.3, -0.25) is 14.2 Å². The Kier molecular flexibility index (Phi) is 8.09. The molecular formula is C27H25BrN2O6S. The second kappa shape index (κ2) is 11.3. The average molecular weight is 585 g/mol. The summed E-state index contributed by atoms with van der Waals surface area (Å²) in [6, 6.07) is 12.1. The van der Waals surface area contributed by atoms with Crippen LogP contribution in [0.25, 0.3) is 6.08 Å². The third kappa shape index (κ3) is 5.30. The molecule has 3 aromatic rings. The minimum Gasteiger partial charge on any atom is -0.490 e. The van der Waals surface area contributed by atoms with Crippen molar-refractivity contribution in [2.45, 2.75) is 33.2 Å². The molecule has 0 spiro atoms. The van der Waals surface area contributed by atoms with Gasteiger partial charge in [0.25, 0.3) is 5.56 Å². The molecule has 0 fully saturated rings. The molecule has 1 aliphatic rings. The molecule has 0 N–H and O–H groups in total. The summed E-state index contributed by atoms with van der Waals surface area (Å²) in [5.74, 6) is -0.353. The van der Waals surface area contributed by atoms with E-state index in [-0.39, 0.29) is 11.3 Å². The number of nitrogens with zero attached hydrogens (tertiary/aromatic N) is 2. The minimum absolute atomic E-state index is 0.271. The Labute approximate surface area is 225 Å². The number of fused-ring (bicyclic) bond motifs is 1. The van der Waals surface area contributed by atoms with Crippen molar-refractivity contribution in [2.24, 2.45) is 4.99 Å². The first-order valence-corrected chi connectivity index (χ1v) is 13.2. The molecular weight excluding hydrogens is 560 g/mol.